The first-order valence-corrected chi connectivity index (χ1v) is 8.54. The molecule has 140 valence electrons. The number of nitrogens with one attached hydrogen (secondary N) is 2. The van der Waals surface area contributed by atoms with E-state index in [-0.39, 0.29) is 5.57 Å². The zero-order valence-corrected chi connectivity index (χ0v) is 15.5. The maximum atomic E-state index is 12.1. The third-order valence-corrected chi connectivity index (χ3v) is 3.94. The average Bonchev–Trinajstić information content (AvgIpc) is 2.73. The third kappa shape index (κ3) is 6.40. The minimum atomic E-state index is -0.412. The molecule has 27 heavy (non-hydrogen) atoms. The quantitative estimate of drug-likeness (QED) is 0.405. The Labute approximate surface area is 159 Å². The van der Waals surface area contributed by atoms with Crippen LogP contribution in [0.15, 0.2) is 60.3 Å². The predicted molar refractivity (Wildman–Crippen MR) is 103 cm³/mol. The summed E-state index contributed by atoms with van der Waals surface area (Å²) in [6, 6.07) is 17.1. The summed E-state index contributed by atoms with van der Waals surface area (Å²) in [5, 5.41) is 14.9. The van der Waals surface area contributed by atoms with Crippen LogP contribution in [0.25, 0.3) is 0 Å². The van der Waals surface area contributed by atoms with Crippen LogP contribution in [0.4, 0.5) is 0 Å². The highest BCUT2D eigenvalue weighted by Crippen LogP contribution is 2.12. The number of benzene rings is 2. The first kappa shape index (κ1) is 19.9. The van der Waals surface area contributed by atoms with Crippen molar-refractivity contribution in [3.63, 3.8) is 0 Å². The molecule has 0 aliphatic heterocycles. The molecule has 0 bridgehead atoms. The van der Waals surface area contributed by atoms with Gasteiger partial charge in [-0.1, -0.05) is 24.3 Å². The Morgan fingerprint density at radius 3 is 2.07 bits per heavy atom. The summed E-state index contributed by atoms with van der Waals surface area (Å²) in [4.78, 5) is 12.1. The lowest BCUT2D eigenvalue weighted by atomic mass is 10.1. The van der Waals surface area contributed by atoms with Gasteiger partial charge in [-0.2, -0.15) is 5.26 Å². The second-order valence-corrected chi connectivity index (χ2v) is 5.75. The van der Waals surface area contributed by atoms with Crippen LogP contribution < -0.4 is 20.1 Å². The molecule has 6 heteroatoms. The normalized spacial score (nSPS) is 10.6. The second kappa shape index (κ2) is 10.5. The molecule has 6 nitrogen and oxygen atoms in total. The van der Waals surface area contributed by atoms with Gasteiger partial charge in [0.25, 0.3) is 5.91 Å². The highest BCUT2D eigenvalue weighted by atomic mass is 16.5. The summed E-state index contributed by atoms with van der Waals surface area (Å²) in [5.41, 5.74) is 2.10. The molecule has 0 heterocycles. The summed E-state index contributed by atoms with van der Waals surface area (Å²) < 4.78 is 10.2. The molecule has 0 aliphatic carbocycles. The van der Waals surface area contributed by atoms with E-state index in [1.807, 2.05) is 54.6 Å². The molecule has 0 aliphatic rings. The van der Waals surface area contributed by atoms with Crippen molar-refractivity contribution >= 4 is 5.91 Å². The molecule has 2 rings (SSSR count). The van der Waals surface area contributed by atoms with E-state index in [1.165, 1.54) is 6.20 Å². The van der Waals surface area contributed by atoms with E-state index in [2.05, 4.69) is 10.6 Å². The summed E-state index contributed by atoms with van der Waals surface area (Å²) in [5.74, 6) is 1.15. The van der Waals surface area contributed by atoms with Crippen molar-refractivity contribution in [3.8, 4) is 17.6 Å². The molecule has 2 aromatic carbocycles. The molecule has 0 saturated carbocycles. The molecule has 0 atom stereocenters. The van der Waals surface area contributed by atoms with Gasteiger partial charge in [0.1, 0.15) is 23.1 Å². The lowest BCUT2D eigenvalue weighted by Gasteiger charge is -2.07. The SMILES string of the molecule is COc1ccc(CCN/C=C(/C#N)C(=O)NCc2ccc(OC)cc2)cc1. The predicted octanol–water partition coefficient (Wildman–Crippen LogP) is 2.56. The lowest BCUT2D eigenvalue weighted by Crippen LogP contribution is -2.25. The number of methoxy groups -OCH3 is 2. The largest absolute Gasteiger partial charge is 0.497 e. The number of hydrogen-bond donors (Lipinski definition) is 2. The van der Waals surface area contributed by atoms with Crippen molar-refractivity contribution in [1.29, 1.82) is 5.26 Å². The summed E-state index contributed by atoms with van der Waals surface area (Å²) >= 11 is 0. The van der Waals surface area contributed by atoms with E-state index < -0.39 is 5.91 Å². The van der Waals surface area contributed by atoms with Gasteiger partial charge in [-0.25, -0.2) is 0 Å². The van der Waals surface area contributed by atoms with Gasteiger partial charge in [0.15, 0.2) is 0 Å². The van der Waals surface area contributed by atoms with Crippen LogP contribution >= 0.6 is 0 Å². The maximum absolute atomic E-state index is 12.1. The number of carbonyl (C=O) groups excluding carboxylic acids is 1. The molecule has 1 amide bonds. The molecule has 0 saturated heterocycles. The summed E-state index contributed by atoms with van der Waals surface area (Å²) in [6.45, 7) is 0.955. The highest BCUT2D eigenvalue weighted by molar-refractivity contribution is 5.97. The number of hydrogen-bond acceptors (Lipinski definition) is 5. The van der Waals surface area contributed by atoms with Crippen molar-refractivity contribution in [2.24, 2.45) is 0 Å². The Hall–Kier alpha value is -3.46. The standard InChI is InChI=1S/C21H23N3O3/c1-26-19-7-3-16(4-8-19)11-12-23-15-18(13-22)21(25)24-14-17-5-9-20(27-2)10-6-17/h3-10,15,23H,11-12,14H2,1-2H3,(H,24,25)/b18-15-. The zero-order chi connectivity index (χ0) is 19.5. The number of nitriles is 1. The summed E-state index contributed by atoms with van der Waals surface area (Å²) in [6.07, 6.45) is 2.22. The number of rotatable bonds is 9. The molecule has 0 spiro atoms. The highest BCUT2D eigenvalue weighted by Gasteiger charge is 2.08. The fourth-order valence-electron chi connectivity index (χ4n) is 2.35. The van der Waals surface area contributed by atoms with Gasteiger partial charge < -0.3 is 20.1 Å². The number of ether oxygens (including phenoxy) is 2. The minimum absolute atomic E-state index is 0.0400. The van der Waals surface area contributed by atoms with Gasteiger partial charge in [0.2, 0.25) is 0 Å². The zero-order valence-electron chi connectivity index (χ0n) is 15.5. The maximum Gasteiger partial charge on any atom is 0.263 e. The van der Waals surface area contributed by atoms with E-state index >= 15 is 0 Å². The second-order valence-electron chi connectivity index (χ2n) is 5.75. The van der Waals surface area contributed by atoms with Gasteiger partial charge in [-0.15, -0.1) is 0 Å². The Morgan fingerprint density at radius 2 is 1.56 bits per heavy atom. The van der Waals surface area contributed by atoms with Crippen LogP contribution in [0.3, 0.4) is 0 Å². The molecular weight excluding hydrogens is 342 g/mol. The number of amides is 1. The fraction of sp³-hybridized carbons (Fsp3) is 0.238. The molecule has 2 N–H and O–H groups in total. The molecular formula is C21H23N3O3. The van der Waals surface area contributed by atoms with E-state index in [9.17, 15) is 10.1 Å². The van der Waals surface area contributed by atoms with E-state index in [0.29, 0.717) is 13.1 Å². The van der Waals surface area contributed by atoms with Crippen LogP contribution in [0.2, 0.25) is 0 Å². The number of nitrogens with zero attached hydrogens (tertiary/aromatic N) is 1. The average molecular weight is 365 g/mol. The Morgan fingerprint density at radius 1 is 1.00 bits per heavy atom. The van der Waals surface area contributed by atoms with Crippen molar-refractivity contribution in [2.45, 2.75) is 13.0 Å². The first-order chi connectivity index (χ1) is 13.2. The van der Waals surface area contributed by atoms with Gasteiger partial charge in [0.05, 0.1) is 14.2 Å². The third-order valence-electron chi connectivity index (χ3n) is 3.94. The van der Waals surface area contributed by atoms with Crippen molar-refractivity contribution in [2.75, 3.05) is 20.8 Å². The molecule has 0 unspecified atom stereocenters. The van der Waals surface area contributed by atoms with Crippen LogP contribution in [-0.2, 0) is 17.8 Å². The summed E-state index contributed by atoms with van der Waals surface area (Å²) in [7, 11) is 3.23. The van der Waals surface area contributed by atoms with Gasteiger partial charge >= 0.3 is 0 Å². The molecule has 2 aromatic rings. The van der Waals surface area contributed by atoms with Crippen molar-refractivity contribution < 1.29 is 14.3 Å². The molecule has 0 aromatic heterocycles. The lowest BCUT2D eigenvalue weighted by molar-refractivity contribution is -0.117. The van der Waals surface area contributed by atoms with Crippen LogP contribution in [0, 0.1) is 11.3 Å². The smallest absolute Gasteiger partial charge is 0.263 e. The van der Waals surface area contributed by atoms with E-state index in [0.717, 1.165) is 29.0 Å². The van der Waals surface area contributed by atoms with Gasteiger partial charge in [0, 0.05) is 19.3 Å². The minimum Gasteiger partial charge on any atom is -0.497 e. The Bertz CT molecular complexity index is 806. The fourth-order valence-corrected chi connectivity index (χ4v) is 2.35. The van der Waals surface area contributed by atoms with Gasteiger partial charge in [-0.05, 0) is 41.8 Å². The van der Waals surface area contributed by atoms with Crippen LogP contribution in [0.5, 0.6) is 11.5 Å². The Balaban J connectivity index is 1.79. The molecule has 0 radical (unpaired) electrons. The first-order valence-electron chi connectivity index (χ1n) is 8.54. The van der Waals surface area contributed by atoms with Crippen molar-refractivity contribution in [1.82, 2.24) is 10.6 Å². The Kier molecular flexibility index (Phi) is 7.73. The van der Waals surface area contributed by atoms with E-state index in [1.54, 1.807) is 14.2 Å². The number of carbonyl (C=O) groups is 1. The van der Waals surface area contributed by atoms with Crippen molar-refractivity contribution in [3.05, 3.63) is 71.4 Å². The van der Waals surface area contributed by atoms with Gasteiger partial charge in [-0.3, -0.25) is 4.79 Å². The monoisotopic (exact) mass is 365 g/mol. The molecule has 0 fully saturated rings. The van der Waals surface area contributed by atoms with Crippen LogP contribution in [-0.4, -0.2) is 26.7 Å². The van der Waals surface area contributed by atoms with Crippen LogP contribution in [0.1, 0.15) is 11.1 Å². The topological polar surface area (TPSA) is 83.4 Å². The van der Waals surface area contributed by atoms with E-state index in [4.69, 9.17) is 9.47 Å².